The van der Waals surface area contributed by atoms with Crippen molar-refractivity contribution in [3.63, 3.8) is 0 Å². The second-order valence-corrected chi connectivity index (χ2v) is 6.65. The number of oxazole rings is 1. The first kappa shape index (κ1) is 15.1. The summed E-state index contributed by atoms with van der Waals surface area (Å²) in [5.41, 5.74) is 1.20. The highest BCUT2D eigenvalue weighted by atomic mass is 32.2. The molecule has 1 aromatic heterocycles. The van der Waals surface area contributed by atoms with Crippen LogP contribution in [0, 0.1) is 0 Å². The molecule has 0 radical (unpaired) electrons. The second kappa shape index (κ2) is 6.46. The Balaban J connectivity index is 1.97. The molecule has 0 aliphatic rings. The van der Waals surface area contributed by atoms with Gasteiger partial charge in [0.2, 0.25) is 0 Å². The van der Waals surface area contributed by atoms with Gasteiger partial charge in [-0.1, -0.05) is 12.1 Å². The molecular formula is C16H22N2OS. The summed E-state index contributed by atoms with van der Waals surface area (Å²) in [4.78, 5) is 5.60. The summed E-state index contributed by atoms with van der Waals surface area (Å²) in [5, 5.41) is 3.43. The Morgan fingerprint density at radius 3 is 2.50 bits per heavy atom. The van der Waals surface area contributed by atoms with Gasteiger partial charge >= 0.3 is 0 Å². The van der Waals surface area contributed by atoms with Gasteiger partial charge in [-0.05, 0) is 39.2 Å². The van der Waals surface area contributed by atoms with E-state index in [1.54, 1.807) is 18.0 Å². The van der Waals surface area contributed by atoms with Crippen molar-refractivity contribution < 1.29 is 4.42 Å². The molecule has 0 bridgehead atoms. The van der Waals surface area contributed by atoms with E-state index in [9.17, 15) is 0 Å². The maximum Gasteiger partial charge on any atom is 0.196 e. The fourth-order valence-electron chi connectivity index (χ4n) is 1.86. The summed E-state index contributed by atoms with van der Waals surface area (Å²) < 4.78 is 5.80. The molecule has 0 saturated carbocycles. The summed E-state index contributed by atoms with van der Waals surface area (Å²) in [6, 6.07) is 8.35. The second-order valence-electron chi connectivity index (χ2n) is 5.77. The minimum Gasteiger partial charge on any atom is -0.441 e. The molecule has 0 saturated heterocycles. The highest BCUT2D eigenvalue weighted by Crippen LogP contribution is 2.23. The molecule has 108 valence electrons. The molecule has 0 aliphatic heterocycles. The molecular weight excluding hydrogens is 268 g/mol. The third-order valence-electron chi connectivity index (χ3n) is 2.92. The van der Waals surface area contributed by atoms with E-state index in [0.717, 1.165) is 30.2 Å². The van der Waals surface area contributed by atoms with Gasteiger partial charge in [-0.25, -0.2) is 4.98 Å². The summed E-state index contributed by atoms with van der Waals surface area (Å²) in [6.07, 6.45) is 4.68. The van der Waals surface area contributed by atoms with Crippen LogP contribution in [0.4, 0.5) is 0 Å². The normalized spacial score (nSPS) is 11.8. The first-order valence-corrected chi connectivity index (χ1v) is 8.04. The zero-order valence-corrected chi connectivity index (χ0v) is 13.4. The number of hydrogen-bond donors (Lipinski definition) is 1. The summed E-state index contributed by atoms with van der Waals surface area (Å²) >= 11 is 1.74. The minimum atomic E-state index is 0.128. The largest absolute Gasteiger partial charge is 0.441 e. The molecule has 0 spiro atoms. The minimum absolute atomic E-state index is 0.128. The molecule has 0 atom stereocenters. The van der Waals surface area contributed by atoms with E-state index in [1.807, 2.05) is 0 Å². The van der Waals surface area contributed by atoms with E-state index < -0.39 is 0 Å². The van der Waals surface area contributed by atoms with Crippen molar-refractivity contribution >= 4 is 11.8 Å². The Morgan fingerprint density at radius 1 is 1.20 bits per heavy atom. The Bertz CT molecular complexity index is 540. The third-order valence-corrected chi connectivity index (χ3v) is 3.67. The van der Waals surface area contributed by atoms with Crippen molar-refractivity contribution in [2.24, 2.45) is 0 Å². The quantitative estimate of drug-likeness (QED) is 0.845. The van der Waals surface area contributed by atoms with Crippen LogP contribution in [0.1, 0.15) is 26.7 Å². The van der Waals surface area contributed by atoms with Gasteiger partial charge in [0, 0.05) is 29.0 Å². The van der Waals surface area contributed by atoms with Crippen molar-refractivity contribution in [3.05, 3.63) is 36.4 Å². The zero-order chi connectivity index (χ0) is 14.6. The van der Waals surface area contributed by atoms with Gasteiger partial charge in [-0.3, -0.25) is 0 Å². The standard InChI is InChI=1S/C16H22N2OS/c1-16(2,3)18-10-9-15-17-11-14(19-15)12-5-7-13(20-4)8-6-12/h5-8,11,18H,9-10H2,1-4H3. The summed E-state index contributed by atoms with van der Waals surface area (Å²) in [6.45, 7) is 7.33. The van der Waals surface area contributed by atoms with Crippen LogP contribution < -0.4 is 5.32 Å². The molecule has 2 aromatic rings. The van der Waals surface area contributed by atoms with Crippen LogP contribution >= 0.6 is 11.8 Å². The lowest BCUT2D eigenvalue weighted by Gasteiger charge is -2.19. The molecule has 0 amide bonds. The van der Waals surface area contributed by atoms with E-state index >= 15 is 0 Å². The molecule has 4 heteroatoms. The third kappa shape index (κ3) is 4.39. The van der Waals surface area contributed by atoms with Crippen molar-refractivity contribution in [1.29, 1.82) is 0 Å². The van der Waals surface area contributed by atoms with Crippen molar-refractivity contribution in [2.45, 2.75) is 37.6 Å². The van der Waals surface area contributed by atoms with Crippen LogP contribution in [0.5, 0.6) is 0 Å². The van der Waals surface area contributed by atoms with Gasteiger partial charge in [0.25, 0.3) is 0 Å². The Kier molecular flexibility index (Phi) is 4.89. The SMILES string of the molecule is CSc1ccc(-c2cnc(CCNC(C)(C)C)o2)cc1. The predicted molar refractivity (Wildman–Crippen MR) is 85.2 cm³/mol. The molecule has 3 nitrogen and oxygen atoms in total. The van der Waals surface area contributed by atoms with Crippen LogP contribution in [0.25, 0.3) is 11.3 Å². The van der Waals surface area contributed by atoms with Crippen LogP contribution in [-0.4, -0.2) is 23.3 Å². The van der Waals surface area contributed by atoms with Crippen LogP contribution in [0.3, 0.4) is 0 Å². The van der Waals surface area contributed by atoms with E-state index in [4.69, 9.17) is 4.42 Å². The van der Waals surface area contributed by atoms with Crippen LogP contribution in [0.2, 0.25) is 0 Å². The molecule has 1 aromatic carbocycles. The van der Waals surface area contributed by atoms with E-state index in [2.05, 4.69) is 61.6 Å². The van der Waals surface area contributed by atoms with Gasteiger partial charge in [0.05, 0.1) is 6.20 Å². The molecule has 0 fully saturated rings. The van der Waals surface area contributed by atoms with Gasteiger partial charge in [0.15, 0.2) is 11.7 Å². The maximum absolute atomic E-state index is 5.80. The van der Waals surface area contributed by atoms with Crippen molar-refractivity contribution in [2.75, 3.05) is 12.8 Å². The number of thioether (sulfide) groups is 1. The summed E-state index contributed by atoms with van der Waals surface area (Å²) in [7, 11) is 0. The monoisotopic (exact) mass is 290 g/mol. The highest BCUT2D eigenvalue weighted by Gasteiger charge is 2.10. The van der Waals surface area contributed by atoms with Crippen molar-refractivity contribution in [3.8, 4) is 11.3 Å². The lowest BCUT2D eigenvalue weighted by molar-refractivity contribution is 0.412. The number of aromatic nitrogens is 1. The average Bonchev–Trinajstić information content (AvgIpc) is 2.86. The van der Waals surface area contributed by atoms with Gasteiger partial charge in [0.1, 0.15) is 0 Å². The van der Waals surface area contributed by atoms with E-state index in [1.165, 1.54) is 4.90 Å². The van der Waals surface area contributed by atoms with Gasteiger partial charge in [-0.15, -0.1) is 11.8 Å². The topological polar surface area (TPSA) is 38.1 Å². The predicted octanol–water partition coefficient (Wildman–Crippen LogP) is 3.99. The maximum atomic E-state index is 5.80. The first-order valence-electron chi connectivity index (χ1n) is 6.82. The van der Waals surface area contributed by atoms with Crippen LogP contribution in [-0.2, 0) is 6.42 Å². The lowest BCUT2D eigenvalue weighted by Crippen LogP contribution is -2.37. The summed E-state index contributed by atoms with van der Waals surface area (Å²) in [5.74, 6) is 1.62. The molecule has 1 heterocycles. The Hall–Kier alpha value is -1.26. The highest BCUT2D eigenvalue weighted by molar-refractivity contribution is 7.98. The lowest BCUT2D eigenvalue weighted by atomic mass is 10.1. The first-order chi connectivity index (χ1) is 9.48. The van der Waals surface area contributed by atoms with Gasteiger partial charge < -0.3 is 9.73 Å². The Morgan fingerprint density at radius 2 is 1.90 bits per heavy atom. The van der Waals surface area contributed by atoms with Crippen molar-refractivity contribution in [1.82, 2.24) is 10.3 Å². The molecule has 1 N–H and O–H groups in total. The molecule has 2 rings (SSSR count). The van der Waals surface area contributed by atoms with Gasteiger partial charge in [-0.2, -0.15) is 0 Å². The van der Waals surface area contributed by atoms with Crippen LogP contribution in [0.15, 0.2) is 39.8 Å². The number of rotatable bonds is 5. The number of hydrogen-bond acceptors (Lipinski definition) is 4. The number of nitrogens with zero attached hydrogens (tertiary/aromatic N) is 1. The fraction of sp³-hybridized carbons (Fsp3) is 0.438. The smallest absolute Gasteiger partial charge is 0.196 e. The molecule has 20 heavy (non-hydrogen) atoms. The molecule has 0 unspecified atom stereocenters. The molecule has 0 aliphatic carbocycles. The average molecular weight is 290 g/mol. The fourth-order valence-corrected chi connectivity index (χ4v) is 2.27. The van der Waals surface area contributed by atoms with E-state index in [0.29, 0.717) is 0 Å². The van der Waals surface area contributed by atoms with E-state index in [-0.39, 0.29) is 5.54 Å². The number of benzene rings is 1. The Labute approximate surface area is 125 Å². The zero-order valence-electron chi connectivity index (χ0n) is 12.6. The number of nitrogens with one attached hydrogen (secondary N) is 1.